The van der Waals surface area contributed by atoms with Gasteiger partial charge in [-0.05, 0) is 57.2 Å². The number of unbranched alkanes of at least 4 members (excludes halogenated alkanes) is 1. The number of rotatable bonds is 8. The van der Waals surface area contributed by atoms with E-state index in [1.165, 1.54) is 16.9 Å². The van der Waals surface area contributed by atoms with Crippen LogP contribution in [0.15, 0.2) is 29.2 Å². The highest BCUT2D eigenvalue weighted by Crippen LogP contribution is 2.24. The number of nitriles is 1. The zero-order valence-electron chi connectivity index (χ0n) is 12.2. The Kier molecular flexibility index (Phi) is 6.97. The lowest BCUT2D eigenvalue weighted by atomic mass is 9.89. The molecule has 0 fully saturated rings. The van der Waals surface area contributed by atoms with Gasteiger partial charge in [-0.15, -0.1) is 11.8 Å². The Morgan fingerprint density at radius 2 is 2.11 bits per heavy atom. The first-order chi connectivity index (χ1) is 9.07. The minimum atomic E-state index is -0.169. The molecule has 0 saturated carbocycles. The number of benzene rings is 1. The molecular formula is C16H24N2S. The van der Waals surface area contributed by atoms with Gasteiger partial charge in [0.05, 0.1) is 11.5 Å². The van der Waals surface area contributed by atoms with E-state index in [4.69, 9.17) is 5.26 Å². The van der Waals surface area contributed by atoms with E-state index in [-0.39, 0.29) is 5.41 Å². The van der Waals surface area contributed by atoms with E-state index in [9.17, 15) is 0 Å². The topological polar surface area (TPSA) is 35.8 Å². The minimum absolute atomic E-state index is 0.169. The summed E-state index contributed by atoms with van der Waals surface area (Å²) in [6, 6.07) is 11.0. The van der Waals surface area contributed by atoms with Crippen molar-refractivity contribution < 1.29 is 0 Å². The number of thioether (sulfide) groups is 1. The molecule has 0 heterocycles. The van der Waals surface area contributed by atoms with Crippen LogP contribution in [0.4, 0.5) is 0 Å². The fraction of sp³-hybridized carbons (Fsp3) is 0.562. The maximum absolute atomic E-state index is 8.95. The molecule has 1 aromatic rings. The summed E-state index contributed by atoms with van der Waals surface area (Å²) in [6.07, 6.45) is 3.29. The fourth-order valence-electron chi connectivity index (χ4n) is 1.86. The molecular weight excluding hydrogens is 252 g/mol. The standard InChI is InChI=1S/C16H24N2S/c1-16(2,13-17)9-4-5-10-19-15-8-6-7-14(11-15)12-18-3/h6-8,11,18H,4-5,9-10,12H2,1-3H3. The highest BCUT2D eigenvalue weighted by Gasteiger charge is 2.15. The van der Waals surface area contributed by atoms with Crippen LogP contribution in [0.3, 0.4) is 0 Å². The van der Waals surface area contributed by atoms with Crippen LogP contribution in [0.25, 0.3) is 0 Å². The lowest BCUT2D eigenvalue weighted by Gasteiger charge is -2.14. The monoisotopic (exact) mass is 276 g/mol. The summed E-state index contributed by atoms with van der Waals surface area (Å²) in [5, 5.41) is 12.1. The maximum atomic E-state index is 8.95. The van der Waals surface area contributed by atoms with Crippen molar-refractivity contribution in [2.45, 2.75) is 44.6 Å². The third-order valence-corrected chi connectivity index (χ3v) is 4.13. The molecule has 104 valence electrons. The molecule has 0 bridgehead atoms. The Labute approximate surface area is 121 Å². The Morgan fingerprint density at radius 3 is 2.79 bits per heavy atom. The molecule has 1 aromatic carbocycles. The van der Waals surface area contributed by atoms with E-state index < -0.39 is 0 Å². The van der Waals surface area contributed by atoms with Crippen molar-refractivity contribution in [2.75, 3.05) is 12.8 Å². The molecule has 0 aromatic heterocycles. The molecule has 0 atom stereocenters. The number of nitrogens with one attached hydrogen (secondary N) is 1. The molecule has 1 rings (SSSR count). The summed E-state index contributed by atoms with van der Waals surface area (Å²) in [7, 11) is 1.97. The third-order valence-electron chi connectivity index (χ3n) is 3.05. The van der Waals surface area contributed by atoms with Crippen LogP contribution in [0.5, 0.6) is 0 Å². The minimum Gasteiger partial charge on any atom is -0.316 e. The lowest BCUT2D eigenvalue weighted by molar-refractivity contribution is 0.433. The summed E-state index contributed by atoms with van der Waals surface area (Å²) >= 11 is 1.91. The quantitative estimate of drug-likeness (QED) is 0.570. The van der Waals surface area contributed by atoms with E-state index >= 15 is 0 Å². The van der Waals surface area contributed by atoms with Crippen molar-refractivity contribution in [1.29, 1.82) is 5.26 Å². The summed E-state index contributed by atoms with van der Waals surface area (Å²) in [5.74, 6) is 1.13. The molecule has 19 heavy (non-hydrogen) atoms. The Morgan fingerprint density at radius 1 is 1.32 bits per heavy atom. The average Bonchev–Trinajstić information content (AvgIpc) is 2.39. The predicted octanol–water partition coefficient (Wildman–Crippen LogP) is 4.22. The van der Waals surface area contributed by atoms with Gasteiger partial charge >= 0.3 is 0 Å². The summed E-state index contributed by atoms with van der Waals surface area (Å²) in [4.78, 5) is 1.34. The van der Waals surface area contributed by atoms with Crippen LogP contribution in [0.1, 0.15) is 38.7 Å². The van der Waals surface area contributed by atoms with Crippen LogP contribution in [0, 0.1) is 16.7 Å². The van der Waals surface area contributed by atoms with Crippen molar-refractivity contribution in [2.24, 2.45) is 5.41 Å². The largest absolute Gasteiger partial charge is 0.316 e. The van der Waals surface area contributed by atoms with Crippen LogP contribution < -0.4 is 5.32 Å². The maximum Gasteiger partial charge on any atom is 0.0683 e. The van der Waals surface area contributed by atoms with E-state index in [0.717, 1.165) is 25.1 Å². The Balaban J connectivity index is 2.26. The van der Waals surface area contributed by atoms with Gasteiger partial charge in [-0.2, -0.15) is 5.26 Å². The van der Waals surface area contributed by atoms with Gasteiger partial charge in [-0.25, -0.2) is 0 Å². The van der Waals surface area contributed by atoms with Crippen LogP contribution in [0.2, 0.25) is 0 Å². The van der Waals surface area contributed by atoms with Crippen LogP contribution in [-0.2, 0) is 6.54 Å². The smallest absolute Gasteiger partial charge is 0.0683 e. The number of nitrogens with zero attached hydrogens (tertiary/aromatic N) is 1. The number of hydrogen-bond donors (Lipinski definition) is 1. The molecule has 0 spiro atoms. The van der Waals surface area contributed by atoms with Crippen molar-refractivity contribution >= 4 is 11.8 Å². The van der Waals surface area contributed by atoms with Gasteiger partial charge in [0.15, 0.2) is 0 Å². The first kappa shape index (κ1) is 16.1. The summed E-state index contributed by atoms with van der Waals surface area (Å²) in [6.45, 7) is 4.95. The normalized spacial score (nSPS) is 11.3. The van der Waals surface area contributed by atoms with Gasteiger partial charge in [0.2, 0.25) is 0 Å². The van der Waals surface area contributed by atoms with E-state index in [2.05, 4.69) is 35.7 Å². The molecule has 1 N–H and O–H groups in total. The molecule has 0 saturated heterocycles. The fourth-order valence-corrected chi connectivity index (χ4v) is 2.86. The molecule has 2 nitrogen and oxygen atoms in total. The first-order valence-corrected chi connectivity index (χ1v) is 7.83. The van der Waals surface area contributed by atoms with Crippen LogP contribution in [-0.4, -0.2) is 12.8 Å². The first-order valence-electron chi connectivity index (χ1n) is 6.85. The van der Waals surface area contributed by atoms with Gasteiger partial charge in [0.1, 0.15) is 0 Å². The van der Waals surface area contributed by atoms with Crippen molar-refractivity contribution in [1.82, 2.24) is 5.32 Å². The van der Waals surface area contributed by atoms with Crippen molar-refractivity contribution in [3.63, 3.8) is 0 Å². The molecule has 0 aliphatic carbocycles. The predicted molar refractivity (Wildman–Crippen MR) is 83.2 cm³/mol. The van der Waals surface area contributed by atoms with E-state index in [0.29, 0.717) is 0 Å². The van der Waals surface area contributed by atoms with Gasteiger partial charge in [0, 0.05) is 11.4 Å². The van der Waals surface area contributed by atoms with E-state index in [1.54, 1.807) is 0 Å². The highest BCUT2D eigenvalue weighted by atomic mass is 32.2. The van der Waals surface area contributed by atoms with Gasteiger partial charge in [-0.3, -0.25) is 0 Å². The van der Waals surface area contributed by atoms with Gasteiger partial charge in [-0.1, -0.05) is 18.6 Å². The zero-order chi connectivity index (χ0) is 14.1. The molecule has 0 radical (unpaired) electrons. The van der Waals surface area contributed by atoms with Crippen molar-refractivity contribution in [3.05, 3.63) is 29.8 Å². The van der Waals surface area contributed by atoms with E-state index in [1.807, 2.05) is 32.7 Å². The van der Waals surface area contributed by atoms with Crippen molar-refractivity contribution in [3.8, 4) is 6.07 Å². The second-order valence-corrected chi connectivity index (χ2v) is 6.65. The van der Waals surface area contributed by atoms with Gasteiger partial charge in [0.25, 0.3) is 0 Å². The lowest BCUT2D eigenvalue weighted by Crippen LogP contribution is -2.07. The third kappa shape index (κ3) is 6.66. The molecule has 0 unspecified atom stereocenters. The molecule has 0 aliphatic heterocycles. The Hall–Kier alpha value is -0.980. The highest BCUT2D eigenvalue weighted by molar-refractivity contribution is 7.99. The second-order valence-electron chi connectivity index (χ2n) is 5.48. The summed E-state index contributed by atoms with van der Waals surface area (Å²) < 4.78 is 0. The van der Waals surface area contributed by atoms with Gasteiger partial charge < -0.3 is 5.32 Å². The number of hydrogen-bond acceptors (Lipinski definition) is 3. The second kappa shape index (κ2) is 8.24. The molecule has 3 heteroatoms. The Bertz CT molecular complexity index is 421. The molecule has 0 amide bonds. The van der Waals surface area contributed by atoms with Crippen LogP contribution >= 0.6 is 11.8 Å². The average molecular weight is 276 g/mol. The molecule has 0 aliphatic rings. The zero-order valence-corrected chi connectivity index (χ0v) is 13.0. The SMILES string of the molecule is CNCc1cccc(SCCCCC(C)(C)C#N)c1. The summed E-state index contributed by atoms with van der Waals surface area (Å²) in [5.41, 5.74) is 1.16.